The van der Waals surface area contributed by atoms with E-state index < -0.39 is 6.16 Å². The standard InChI is InChI=1S/C28H44O5/c1-6-32-26(30)33-20-13-15-27(3)19(17-20)8-9-21-23-11-10-22(18(2)7-12-25(29)31-5)28(23,4)16-14-24(21)27/h8-9,18-24H,6-7,10-17H2,1-5H3/t18-,19-,20-,21+,22-,23+,24+,27+,28-/m1/s1. The van der Waals surface area contributed by atoms with Crippen molar-refractivity contribution in [1.29, 1.82) is 0 Å². The highest BCUT2D eigenvalue weighted by Gasteiger charge is 2.59. The molecule has 4 aliphatic carbocycles. The maximum absolute atomic E-state index is 11.8. The number of hydrogen-bond donors (Lipinski definition) is 0. The van der Waals surface area contributed by atoms with Gasteiger partial charge in [0.25, 0.3) is 0 Å². The van der Waals surface area contributed by atoms with Crippen LogP contribution in [-0.2, 0) is 19.0 Å². The van der Waals surface area contributed by atoms with Crippen LogP contribution in [0.3, 0.4) is 0 Å². The average molecular weight is 461 g/mol. The molecule has 0 aromatic heterocycles. The quantitative estimate of drug-likeness (QED) is 0.332. The predicted molar refractivity (Wildman–Crippen MR) is 127 cm³/mol. The Kier molecular flexibility index (Phi) is 7.17. The zero-order chi connectivity index (χ0) is 23.8. The van der Waals surface area contributed by atoms with Crippen molar-refractivity contribution in [2.45, 2.75) is 91.6 Å². The Morgan fingerprint density at radius 3 is 2.48 bits per heavy atom. The van der Waals surface area contributed by atoms with E-state index in [1.807, 2.05) is 6.92 Å². The lowest BCUT2D eigenvalue weighted by atomic mass is 9.46. The number of carbonyl (C=O) groups excluding carboxylic acids is 2. The number of esters is 1. The van der Waals surface area contributed by atoms with Crippen molar-refractivity contribution in [3.8, 4) is 0 Å². The maximum Gasteiger partial charge on any atom is 0.508 e. The molecule has 33 heavy (non-hydrogen) atoms. The summed E-state index contributed by atoms with van der Waals surface area (Å²) in [4.78, 5) is 23.5. The van der Waals surface area contributed by atoms with Gasteiger partial charge >= 0.3 is 12.1 Å². The van der Waals surface area contributed by atoms with Gasteiger partial charge in [-0.25, -0.2) is 4.79 Å². The molecule has 4 rings (SSSR count). The second-order valence-electron chi connectivity index (χ2n) is 11.8. The molecule has 5 heteroatoms. The van der Waals surface area contributed by atoms with Crippen molar-refractivity contribution < 1.29 is 23.8 Å². The van der Waals surface area contributed by atoms with Crippen LogP contribution in [0.2, 0.25) is 0 Å². The molecule has 0 unspecified atom stereocenters. The largest absolute Gasteiger partial charge is 0.508 e. The fourth-order valence-electron chi connectivity index (χ4n) is 8.60. The first kappa shape index (κ1) is 24.6. The summed E-state index contributed by atoms with van der Waals surface area (Å²) in [5, 5.41) is 0. The van der Waals surface area contributed by atoms with Gasteiger partial charge in [-0.3, -0.25) is 4.79 Å². The second kappa shape index (κ2) is 9.62. The van der Waals surface area contributed by atoms with Gasteiger partial charge in [-0.1, -0.05) is 32.9 Å². The predicted octanol–water partition coefficient (Wildman–Crippen LogP) is 6.55. The van der Waals surface area contributed by atoms with E-state index in [4.69, 9.17) is 14.2 Å². The monoisotopic (exact) mass is 460 g/mol. The van der Waals surface area contributed by atoms with Crippen molar-refractivity contribution in [2.75, 3.05) is 13.7 Å². The number of carbonyl (C=O) groups is 2. The third-order valence-corrected chi connectivity index (χ3v) is 10.4. The molecule has 3 fully saturated rings. The van der Waals surface area contributed by atoms with Gasteiger partial charge in [0.2, 0.25) is 0 Å². The number of ether oxygens (including phenoxy) is 3. The smallest absolute Gasteiger partial charge is 0.469 e. The molecule has 186 valence electrons. The van der Waals surface area contributed by atoms with E-state index in [9.17, 15) is 9.59 Å². The van der Waals surface area contributed by atoms with E-state index in [-0.39, 0.29) is 12.1 Å². The first-order valence-corrected chi connectivity index (χ1v) is 13.3. The van der Waals surface area contributed by atoms with Crippen LogP contribution in [0.1, 0.15) is 85.5 Å². The van der Waals surface area contributed by atoms with Crippen LogP contribution in [0.4, 0.5) is 4.79 Å². The van der Waals surface area contributed by atoms with Gasteiger partial charge in [0.1, 0.15) is 6.10 Å². The lowest BCUT2D eigenvalue weighted by molar-refractivity contribution is -0.141. The summed E-state index contributed by atoms with van der Waals surface area (Å²) >= 11 is 0. The van der Waals surface area contributed by atoms with E-state index in [1.54, 1.807) is 0 Å². The number of fused-ring (bicyclic) bond motifs is 5. The highest BCUT2D eigenvalue weighted by Crippen LogP contribution is 2.67. The van der Waals surface area contributed by atoms with Crippen molar-refractivity contribution in [1.82, 2.24) is 0 Å². The van der Waals surface area contributed by atoms with Gasteiger partial charge in [-0.05, 0) is 105 Å². The van der Waals surface area contributed by atoms with E-state index in [1.165, 1.54) is 32.8 Å². The summed E-state index contributed by atoms with van der Waals surface area (Å²) < 4.78 is 15.5. The zero-order valence-electron chi connectivity index (χ0n) is 21.3. The van der Waals surface area contributed by atoms with Crippen LogP contribution in [0.25, 0.3) is 0 Å². The van der Waals surface area contributed by atoms with Crippen LogP contribution in [0, 0.1) is 46.3 Å². The summed E-state index contributed by atoms with van der Waals surface area (Å²) in [7, 11) is 1.49. The van der Waals surface area contributed by atoms with Gasteiger partial charge in [-0.15, -0.1) is 0 Å². The molecule has 0 saturated heterocycles. The second-order valence-corrected chi connectivity index (χ2v) is 11.8. The molecule has 5 nitrogen and oxygen atoms in total. The summed E-state index contributed by atoms with van der Waals surface area (Å²) in [5.41, 5.74) is 0.665. The van der Waals surface area contributed by atoms with Crippen molar-refractivity contribution in [3.05, 3.63) is 12.2 Å². The summed E-state index contributed by atoms with van der Waals surface area (Å²) in [5.74, 6) is 3.77. The van der Waals surface area contributed by atoms with Gasteiger partial charge in [0, 0.05) is 6.42 Å². The molecule has 0 bridgehead atoms. The number of methoxy groups -OCH3 is 1. The minimum Gasteiger partial charge on any atom is -0.469 e. The fourth-order valence-corrected chi connectivity index (χ4v) is 8.60. The van der Waals surface area contributed by atoms with Crippen molar-refractivity contribution in [3.63, 3.8) is 0 Å². The van der Waals surface area contributed by atoms with E-state index >= 15 is 0 Å². The van der Waals surface area contributed by atoms with Crippen LogP contribution in [-0.4, -0.2) is 31.9 Å². The van der Waals surface area contributed by atoms with Gasteiger partial charge < -0.3 is 14.2 Å². The lowest BCUT2D eigenvalue weighted by Crippen LogP contribution is -2.52. The van der Waals surface area contributed by atoms with Crippen LogP contribution in [0.15, 0.2) is 12.2 Å². The van der Waals surface area contributed by atoms with E-state index in [0.717, 1.165) is 37.5 Å². The van der Waals surface area contributed by atoms with Crippen LogP contribution < -0.4 is 0 Å². The molecule has 0 amide bonds. The molecule has 0 aromatic carbocycles. The van der Waals surface area contributed by atoms with Crippen molar-refractivity contribution in [2.24, 2.45) is 46.3 Å². The molecule has 0 N–H and O–H groups in total. The summed E-state index contributed by atoms with van der Waals surface area (Å²) in [6, 6.07) is 0. The minimum absolute atomic E-state index is 0.0243. The third-order valence-electron chi connectivity index (χ3n) is 10.4. The molecule has 0 aliphatic heterocycles. The van der Waals surface area contributed by atoms with Crippen LogP contribution >= 0.6 is 0 Å². The Balaban J connectivity index is 1.45. The van der Waals surface area contributed by atoms with Crippen LogP contribution in [0.5, 0.6) is 0 Å². The fraction of sp³-hybridized carbons (Fsp3) is 0.857. The van der Waals surface area contributed by atoms with Gasteiger partial charge in [0.05, 0.1) is 13.7 Å². The maximum atomic E-state index is 11.8. The Morgan fingerprint density at radius 2 is 1.76 bits per heavy atom. The summed E-state index contributed by atoms with van der Waals surface area (Å²) in [6.07, 6.45) is 14.1. The van der Waals surface area contributed by atoms with Gasteiger partial charge in [-0.2, -0.15) is 0 Å². The molecular formula is C28H44O5. The molecule has 3 saturated carbocycles. The van der Waals surface area contributed by atoms with Gasteiger partial charge in [0.15, 0.2) is 0 Å². The molecule has 0 aromatic rings. The summed E-state index contributed by atoms with van der Waals surface area (Å²) in [6.45, 7) is 9.58. The third kappa shape index (κ3) is 4.46. The Morgan fingerprint density at radius 1 is 1.03 bits per heavy atom. The number of hydrogen-bond acceptors (Lipinski definition) is 5. The minimum atomic E-state index is -0.518. The first-order chi connectivity index (χ1) is 15.7. The molecule has 0 spiro atoms. The van der Waals surface area contributed by atoms with E-state index in [2.05, 4.69) is 32.9 Å². The molecule has 0 heterocycles. The number of allylic oxidation sites excluding steroid dienone is 2. The molecule has 4 aliphatic rings. The Labute approximate surface area is 200 Å². The SMILES string of the molecule is CCOC(=O)O[C@@H]1CC[C@@]2(C)[C@H](C=C[C@@H]3[C@@H]2CC[C@]2(C)[C@@H]([C@H](C)CCC(=O)OC)CC[C@@H]32)C1. The number of rotatable bonds is 6. The molecule has 9 atom stereocenters. The van der Waals surface area contributed by atoms with E-state index in [0.29, 0.717) is 47.5 Å². The van der Waals surface area contributed by atoms with Crippen molar-refractivity contribution >= 4 is 12.1 Å². The average Bonchev–Trinajstić information content (AvgIpc) is 3.15. The Hall–Kier alpha value is -1.52. The Bertz CT molecular complexity index is 761. The topological polar surface area (TPSA) is 61.8 Å². The first-order valence-electron chi connectivity index (χ1n) is 13.3. The zero-order valence-corrected chi connectivity index (χ0v) is 21.3. The normalized spacial score (nSPS) is 42.5. The highest BCUT2D eigenvalue weighted by atomic mass is 16.7. The highest BCUT2D eigenvalue weighted by molar-refractivity contribution is 5.69. The molecular weight excluding hydrogens is 416 g/mol. The molecule has 0 radical (unpaired) electrons. The lowest BCUT2D eigenvalue weighted by Gasteiger charge is -2.59.